The molecule has 1 aliphatic rings. The van der Waals surface area contributed by atoms with E-state index >= 15 is 0 Å². The third kappa shape index (κ3) is 2.48. The number of fused-ring (bicyclic) bond motifs is 1. The number of rotatable bonds is 2. The highest BCUT2D eigenvalue weighted by Gasteiger charge is 2.24. The molecule has 0 aromatic heterocycles. The van der Waals surface area contributed by atoms with Crippen LogP contribution in [-0.2, 0) is 6.42 Å². The van der Waals surface area contributed by atoms with Crippen LogP contribution in [0.3, 0.4) is 0 Å². The van der Waals surface area contributed by atoms with E-state index < -0.39 is 0 Å². The first-order valence-electron chi connectivity index (χ1n) is 6.42. The normalized spacial score (nSPS) is 16.6. The third-order valence-corrected chi connectivity index (χ3v) is 4.88. The molecule has 1 unspecified atom stereocenters. The van der Waals surface area contributed by atoms with Gasteiger partial charge < -0.3 is 5.32 Å². The van der Waals surface area contributed by atoms with E-state index in [4.69, 9.17) is 0 Å². The number of hydrogen-bond donors (Lipinski definition) is 1. The van der Waals surface area contributed by atoms with Gasteiger partial charge in [0.25, 0.3) is 0 Å². The number of hydrogen-bond acceptors (Lipinski definition) is 2. The molecule has 2 aromatic rings. The lowest BCUT2D eigenvalue weighted by Gasteiger charge is -2.17. The topological polar surface area (TPSA) is 35.8 Å². The zero-order chi connectivity index (χ0) is 14.1. The average Bonchev–Trinajstić information content (AvgIpc) is 2.85. The van der Waals surface area contributed by atoms with Gasteiger partial charge in [0.2, 0.25) is 0 Å². The molecule has 20 heavy (non-hydrogen) atoms. The molecule has 3 rings (SSSR count). The molecule has 0 amide bonds. The van der Waals surface area contributed by atoms with Crippen LogP contribution >= 0.6 is 31.9 Å². The number of halogens is 2. The maximum atomic E-state index is 9.24. The Kier molecular flexibility index (Phi) is 3.82. The highest BCUT2D eigenvalue weighted by Crippen LogP contribution is 2.38. The Hall–Kier alpha value is -1.31. The largest absolute Gasteiger partial charge is 0.377 e. The Morgan fingerprint density at radius 2 is 2.05 bits per heavy atom. The van der Waals surface area contributed by atoms with Crippen molar-refractivity contribution in [2.24, 2.45) is 0 Å². The molecule has 4 heteroatoms. The predicted octanol–water partition coefficient (Wildman–Crippen LogP) is 5.18. The van der Waals surface area contributed by atoms with Crippen LogP contribution in [0.1, 0.15) is 29.2 Å². The van der Waals surface area contributed by atoms with Gasteiger partial charge in [-0.25, -0.2) is 0 Å². The monoisotopic (exact) mass is 390 g/mol. The van der Waals surface area contributed by atoms with Crippen LogP contribution in [0.4, 0.5) is 5.69 Å². The van der Waals surface area contributed by atoms with Gasteiger partial charge in [-0.3, -0.25) is 0 Å². The Bertz CT molecular complexity index is 704. The van der Waals surface area contributed by atoms with Crippen LogP contribution in [-0.4, -0.2) is 0 Å². The van der Waals surface area contributed by atoms with Crippen LogP contribution in [0, 0.1) is 11.3 Å². The van der Waals surface area contributed by atoms with Crippen LogP contribution in [0.15, 0.2) is 45.3 Å². The molecular formula is C16H12Br2N2. The fraction of sp³-hybridized carbons (Fsp3) is 0.188. The lowest BCUT2D eigenvalue weighted by atomic mass is 10.1. The molecule has 0 heterocycles. The second kappa shape index (κ2) is 5.59. The van der Waals surface area contributed by atoms with Crippen molar-refractivity contribution in [1.29, 1.82) is 5.26 Å². The highest BCUT2D eigenvalue weighted by atomic mass is 79.9. The summed E-state index contributed by atoms with van der Waals surface area (Å²) >= 11 is 7.01. The molecular weight excluding hydrogens is 380 g/mol. The zero-order valence-corrected chi connectivity index (χ0v) is 13.8. The smallest absolute Gasteiger partial charge is 0.101 e. The molecule has 0 fully saturated rings. The van der Waals surface area contributed by atoms with Gasteiger partial charge in [-0.1, -0.05) is 44.0 Å². The Balaban J connectivity index is 1.92. The second-order valence-corrected chi connectivity index (χ2v) is 6.61. The lowest BCUT2D eigenvalue weighted by molar-refractivity contribution is 0.761. The first kappa shape index (κ1) is 13.7. The fourth-order valence-corrected chi connectivity index (χ4v) is 3.62. The van der Waals surface area contributed by atoms with Gasteiger partial charge in [0.05, 0.1) is 17.3 Å². The summed E-state index contributed by atoms with van der Waals surface area (Å²) in [6.45, 7) is 0. The molecule has 0 aliphatic heterocycles. The molecule has 0 spiro atoms. The maximum Gasteiger partial charge on any atom is 0.101 e. The summed E-state index contributed by atoms with van der Waals surface area (Å²) in [5.74, 6) is 0. The minimum absolute atomic E-state index is 0.274. The quantitative estimate of drug-likeness (QED) is 0.765. The van der Waals surface area contributed by atoms with Crippen molar-refractivity contribution < 1.29 is 0 Å². The molecule has 100 valence electrons. The minimum atomic E-state index is 0.274. The van der Waals surface area contributed by atoms with E-state index in [2.05, 4.69) is 61.4 Å². The molecule has 0 bridgehead atoms. The Morgan fingerprint density at radius 1 is 1.20 bits per heavy atom. The summed E-state index contributed by atoms with van der Waals surface area (Å²) in [5, 5.41) is 12.7. The third-order valence-electron chi connectivity index (χ3n) is 3.65. The van der Waals surface area contributed by atoms with Crippen LogP contribution in [0.25, 0.3) is 0 Å². The lowest BCUT2D eigenvalue weighted by Crippen LogP contribution is -2.08. The molecule has 0 saturated carbocycles. The van der Waals surface area contributed by atoms with Crippen molar-refractivity contribution in [2.45, 2.75) is 18.9 Å². The van der Waals surface area contributed by atoms with Crippen molar-refractivity contribution in [3.63, 3.8) is 0 Å². The van der Waals surface area contributed by atoms with Gasteiger partial charge in [0, 0.05) is 8.95 Å². The first-order chi connectivity index (χ1) is 9.69. The summed E-state index contributed by atoms with van der Waals surface area (Å²) in [6.07, 6.45) is 2.12. The molecule has 2 aromatic carbocycles. The van der Waals surface area contributed by atoms with Gasteiger partial charge in [0.1, 0.15) is 6.07 Å². The SMILES string of the molecule is N#Cc1cc(Br)ccc1NC1CCc2c(Br)cccc21. The molecule has 1 aliphatic carbocycles. The van der Waals surface area contributed by atoms with E-state index in [1.54, 1.807) is 0 Å². The number of nitriles is 1. The standard InChI is InChI=1S/C16H12Br2N2/c17-11-4-6-15(10(8-11)9-19)20-16-7-5-12-13(16)2-1-3-14(12)18/h1-4,6,8,16,20H,5,7H2. The second-order valence-electron chi connectivity index (χ2n) is 4.84. The molecule has 1 N–H and O–H groups in total. The van der Waals surface area contributed by atoms with Gasteiger partial charge in [-0.2, -0.15) is 5.26 Å². The van der Waals surface area contributed by atoms with Crippen molar-refractivity contribution in [3.05, 3.63) is 62.0 Å². The summed E-state index contributed by atoms with van der Waals surface area (Å²) in [7, 11) is 0. The Morgan fingerprint density at radius 3 is 2.85 bits per heavy atom. The number of nitrogens with zero attached hydrogens (tertiary/aromatic N) is 1. The van der Waals surface area contributed by atoms with E-state index in [0.29, 0.717) is 5.56 Å². The summed E-state index contributed by atoms with van der Waals surface area (Å²) in [5.41, 5.74) is 4.27. The van der Waals surface area contributed by atoms with Gasteiger partial charge in [-0.05, 0) is 48.2 Å². The molecule has 1 atom stereocenters. The highest BCUT2D eigenvalue weighted by molar-refractivity contribution is 9.10. The van der Waals surface area contributed by atoms with E-state index in [1.165, 1.54) is 15.6 Å². The average molecular weight is 392 g/mol. The van der Waals surface area contributed by atoms with Crippen LogP contribution in [0.5, 0.6) is 0 Å². The van der Waals surface area contributed by atoms with Crippen LogP contribution < -0.4 is 5.32 Å². The number of anilines is 1. The van der Waals surface area contributed by atoms with Gasteiger partial charge >= 0.3 is 0 Å². The van der Waals surface area contributed by atoms with E-state index in [0.717, 1.165) is 23.0 Å². The summed E-state index contributed by atoms with van der Waals surface area (Å²) < 4.78 is 2.10. The van der Waals surface area contributed by atoms with E-state index in [1.807, 2.05) is 18.2 Å². The zero-order valence-electron chi connectivity index (χ0n) is 10.7. The predicted molar refractivity (Wildman–Crippen MR) is 87.7 cm³/mol. The first-order valence-corrected chi connectivity index (χ1v) is 8.01. The molecule has 2 nitrogen and oxygen atoms in total. The molecule has 0 radical (unpaired) electrons. The maximum absolute atomic E-state index is 9.24. The number of nitrogens with one attached hydrogen (secondary N) is 1. The van der Waals surface area contributed by atoms with E-state index in [9.17, 15) is 5.26 Å². The van der Waals surface area contributed by atoms with Crippen molar-refractivity contribution >= 4 is 37.5 Å². The minimum Gasteiger partial charge on any atom is -0.377 e. The van der Waals surface area contributed by atoms with Crippen molar-refractivity contribution in [2.75, 3.05) is 5.32 Å². The summed E-state index contributed by atoms with van der Waals surface area (Å²) in [4.78, 5) is 0. The van der Waals surface area contributed by atoms with Crippen molar-refractivity contribution in [1.82, 2.24) is 0 Å². The number of benzene rings is 2. The van der Waals surface area contributed by atoms with E-state index in [-0.39, 0.29) is 6.04 Å². The van der Waals surface area contributed by atoms with Crippen LogP contribution in [0.2, 0.25) is 0 Å². The summed E-state index contributed by atoms with van der Waals surface area (Å²) in [6, 6.07) is 14.6. The van der Waals surface area contributed by atoms with Gasteiger partial charge in [-0.15, -0.1) is 0 Å². The molecule has 0 saturated heterocycles. The fourth-order valence-electron chi connectivity index (χ4n) is 2.68. The van der Waals surface area contributed by atoms with Crippen molar-refractivity contribution in [3.8, 4) is 6.07 Å². The van der Waals surface area contributed by atoms with Gasteiger partial charge in [0.15, 0.2) is 0 Å². The Labute approximate surface area is 135 Å².